The summed E-state index contributed by atoms with van der Waals surface area (Å²) in [5, 5.41) is 10.1. The Bertz CT molecular complexity index is 260. The molecule has 5 nitrogen and oxygen atoms in total. The van der Waals surface area contributed by atoms with E-state index in [1.165, 1.54) is 19.3 Å². The Balaban J connectivity index is 1.78. The molecule has 2 rings (SSSR count). The van der Waals surface area contributed by atoms with Gasteiger partial charge in [-0.25, -0.2) is 0 Å². The van der Waals surface area contributed by atoms with E-state index in [0.29, 0.717) is 19.3 Å². The van der Waals surface area contributed by atoms with Crippen molar-refractivity contribution in [2.45, 2.75) is 38.3 Å². The number of morpholine rings is 1. The van der Waals surface area contributed by atoms with Gasteiger partial charge in [0.25, 0.3) is 0 Å². The number of ether oxygens (including phenoxy) is 2. The SMILES string of the molecule is CCOC[C@H](O)CN1CCCC[C@@H]1CN1CCOCC1. The number of rotatable bonds is 7. The second-order valence-corrected chi connectivity index (χ2v) is 5.87. The first kappa shape index (κ1) is 16.2. The van der Waals surface area contributed by atoms with Gasteiger partial charge >= 0.3 is 0 Å². The van der Waals surface area contributed by atoms with Crippen molar-refractivity contribution in [2.24, 2.45) is 0 Å². The van der Waals surface area contributed by atoms with Crippen molar-refractivity contribution in [3.63, 3.8) is 0 Å². The average Bonchev–Trinajstić information content (AvgIpc) is 2.48. The van der Waals surface area contributed by atoms with Gasteiger partial charge in [0.15, 0.2) is 0 Å². The van der Waals surface area contributed by atoms with Crippen LogP contribution in [0.15, 0.2) is 0 Å². The molecule has 0 spiro atoms. The minimum absolute atomic E-state index is 0.361. The summed E-state index contributed by atoms with van der Waals surface area (Å²) in [6.45, 7) is 9.88. The normalized spacial score (nSPS) is 27.6. The van der Waals surface area contributed by atoms with Crippen molar-refractivity contribution in [1.29, 1.82) is 0 Å². The molecule has 2 atom stereocenters. The third kappa shape index (κ3) is 5.30. The van der Waals surface area contributed by atoms with Crippen LogP contribution in [0.25, 0.3) is 0 Å². The van der Waals surface area contributed by atoms with E-state index in [4.69, 9.17) is 9.47 Å². The zero-order chi connectivity index (χ0) is 14.2. The second kappa shape index (κ2) is 8.95. The lowest BCUT2D eigenvalue weighted by molar-refractivity contribution is -0.0119. The Morgan fingerprint density at radius 2 is 2.05 bits per heavy atom. The van der Waals surface area contributed by atoms with Gasteiger partial charge in [0.05, 0.1) is 25.9 Å². The molecular formula is C15H30N2O3. The number of hydrogen-bond donors (Lipinski definition) is 1. The van der Waals surface area contributed by atoms with Gasteiger partial charge in [-0.3, -0.25) is 9.80 Å². The molecule has 0 bridgehead atoms. The number of hydrogen-bond acceptors (Lipinski definition) is 5. The molecule has 2 heterocycles. The maximum atomic E-state index is 10.1. The summed E-state index contributed by atoms with van der Waals surface area (Å²) in [5.41, 5.74) is 0. The van der Waals surface area contributed by atoms with Gasteiger partial charge in [-0.05, 0) is 26.3 Å². The van der Waals surface area contributed by atoms with Gasteiger partial charge in [0.2, 0.25) is 0 Å². The molecule has 0 aromatic carbocycles. The lowest BCUT2D eigenvalue weighted by atomic mass is 10.0. The lowest BCUT2D eigenvalue weighted by Crippen LogP contribution is -2.51. The van der Waals surface area contributed by atoms with Crippen molar-refractivity contribution in [3.8, 4) is 0 Å². The Labute approximate surface area is 122 Å². The first-order valence-electron chi connectivity index (χ1n) is 8.09. The quantitative estimate of drug-likeness (QED) is 0.741. The topological polar surface area (TPSA) is 45.2 Å². The highest BCUT2D eigenvalue weighted by Crippen LogP contribution is 2.19. The Hall–Kier alpha value is -0.200. The largest absolute Gasteiger partial charge is 0.389 e. The van der Waals surface area contributed by atoms with Crippen LogP contribution >= 0.6 is 0 Å². The average molecular weight is 286 g/mol. The molecule has 5 heteroatoms. The molecule has 0 amide bonds. The molecule has 0 aromatic rings. The standard InChI is InChI=1S/C15H30N2O3/c1-2-19-13-15(18)12-17-6-4-3-5-14(17)11-16-7-9-20-10-8-16/h14-15,18H,2-13H2,1H3/t14-,15-/m1/s1. The molecule has 0 radical (unpaired) electrons. The minimum Gasteiger partial charge on any atom is -0.389 e. The van der Waals surface area contributed by atoms with E-state index in [-0.39, 0.29) is 6.10 Å². The zero-order valence-electron chi connectivity index (χ0n) is 12.8. The van der Waals surface area contributed by atoms with E-state index in [1.54, 1.807) is 0 Å². The van der Waals surface area contributed by atoms with E-state index in [2.05, 4.69) is 9.80 Å². The van der Waals surface area contributed by atoms with E-state index >= 15 is 0 Å². The van der Waals surface area contributed by atoms with Gasteiger partial charge in [-0.1, -0.05) is 6.42 Å². The summed E-state index contributed by atoms with van der Waals surface area (Å²) in [6, 6.07) is 0.582. The zero-order valence-corrected chi connectivity index (χ0v) is 12.8. The van der Waals surface area contributed by atoms with Gasteiger partial charge in [-0.15, -0.1) is 0 Å². The van der Waals surface area contributed by atoms with Crippen LogP contribution in [0.2, 0.25) is 0 Å². The summed E-state index contributed by atoms with van der Waals surface area (Å²) >= 11 is 0. The van der Waals surface area contributed by atoms with Crippen molar-refractivity contribution < 1.29 is 14.6 Å². The first-order chi connectivity index (χ1) is 9.79. The summed E-state index contributed by atoms with van der Waals surface area (Å²) in [4.78, 5) is 4.96. The van der Waals surface area contributed by atoms with E-state index in [1.807, 2.05) is 6.92 Å². The van der Waals surface area contributed by atoms with Crippen LogP contribution in [0.5, 0.6) is 0 Å². The van der Waals surface area contributed by atoms with Crippen molar-refractivity contribution in [1.82, 2.24) is 9.80 Å². The first-order valence-corrected chi connectivity index (χ1v) is 8.09. The smallest absolute Gasteiger partial charge is 0.0900 e. The summed E-state index contributed by atoms with van der Waals surface area (Å²) < 4.78 is 10.7. The molecular weight excluding hydrogens is 256 g/mol. The van der Waals surface area contributed by atoms with E-state index < -0.39 is 0 Å². The molecule has 2 fully saturated rings. The lowest BCUT2D eigenvalue weighted by Gasteiger charge is -2.40. The Morgan fingerprint density at radius 3 is 2.80 bits per heavy atom. The van der Waals surface area contributed by atoms with E-state index in [9.17, 15) is 5.11 Å². The number of aliphatic hydroxyl groups excluding tert-OH is 1. The summed E-state index contributed by atoms with van der Waals surface area (Å²) in [5.74, 6) is 0. The molecule has 2 aliphatic rings. The van der Waals surface area contributed by atoms with Crippen LogP contribution in [-0.4, -0.2) is 86.2 Å². The molecule has 118 valence electrons. The minimum atomic E-state index is -0.361. The van der Waals surface area contributed by atoms with Crippen molar-refractivity contribution >= 4 is 0 Å². The fourth-order valence-corrected chi connectivity index (χ4v) is 3.17. The molecule has 1 N–H and O–H groups in total. The maximum Gasteiger partial charge on any atom is 0.0900 e. The number of piperidine rings is 1. The van der Waals surface area contributed by atoms with Crippen LogP contribution in [0, 0.1) is 0 Å². The van der Waals surface area contributed by atoms with Crippen LogP contribution in [0.4, 0.5) is 0 Å². The second-order valence-electron chi connectivity index (χ2n) is 5.87. The maximum absolute atomic E-state index is 10.1. The number of aliphatic hydroxyl groups is 1. The molecule has 0 aromatic heterocycles. The summed E-state index contributed by atoms with van der Waals surface area (Å²) in [7, 11) is 0. The molecule has 0 unspecified atom stereocenters. The van der Waals surface area contributed by atoms with Gasteiger partial charge < -0.3 is 14.6 Å². The monoisotopic (exact) mass is 286 g/mol. The van der Waals surface area contributed by atoms with Gasteiger partial charge in [0, 0.05) is 38.8 Å². The fourth-order valence-electron chi connectivity index (χ4n) is 3.17. The molecule has 0 aliphatic carbocycles. The van der Waals surface area contributed by atoms with Gasteiger partial charge in [0.1, 0.15) is 0 Å². The molecule has 0 saturated carbocycles. The van der Waals surface area contributed by atoms with E-state index in [0.717, 1.165) is 45.9 Å². The predicted octanol–water partition coefficient (Wildman–Crippen LogP) is 0.571. The number of β-amino-alcohol motifs (C(OH)–C–C–N with tert-alkyl or cyclic N) is 1. The van der Waals surface area contributed by atoms with Crippen molar-refractivity contribution in [2.75, 3.05) is 59.2 Å². The highest BCUT2D eigenvalue weighted by atomic mass is 16.5. The van der Waals surface area contributed by atoms with Crippen LogP contribution in [0.3, 0.4) is 0 Å². The van der Waals surface area contributed by atoms with Gasteiger partial charge in [-0.2, -0.15) is 0 Å². The Kier molecular flexibility index (Phi) is 7.24. The Morgan fingerprint density at radius 1 is 1.25 bits per heavy atom. The fraction of sp³-hybridized carbons (Fsp3) is 1.00. The highest BCUT2D eigenvalue weighted by molar-refractivity contribution is 4.82. The third-order valence-electron chi connectivity index (χ3n) is 4.28. The van der Waals surface area contributed by atoms with Crippen LogP contribution in [-0.2, 0) is 9.47 Å². The number of likely N-dealkylation sites (tertiary alicyclic amines) is 1. The molecule has 2 saturated heterocycles. The number of nitrogens with zero attached hydrogens (tertiary/aromatic N) is 2. The summed E-state index contributed by atoms with van der Waals surface area (Å²) in [6.07, 6.45) is 3.45. The predicted molar refractivity (Wildman–Crippen MR) is 79.0 cm³/mol. The third-order valence-corrected chi connectivity index (χ3v) is 4.28. The van der Waals surface area contributed by atoms with Crippen LogP contribution < -0.4 is 0 Å². The molecule has 20 heavy (non-hydrogen) atoms. The molecule has 2 aliphatic heterocycles. The van der Waals surface area contributed by atoms with Crippen LogP contribution in [0.1, 0.15) is 26.2 Å². The highest BCUT2D eigenvalue weighted by Gasteiger charge is 2.26. The van der Waals surface area contributed by atoms with Crippen molar-refractivity contribution in [3.05, 3.63) is 0 Å².